The molecular formula is C20H23FN2O7S2. The zero-order valence-corrected chi connectivity index (χ0v) is 19.0. The van der Waals surface area contributed by atoms with Crippen LogP contribution in [0.5, 0.6) is 5.75 Å². The van der Waals surface area contributed by atoms with E-state index in [1.807, 2.05) is 0 Å². The molecule has 1 amide bonds. The maximum absolute atomic E-state index is 13.2. The molecule has 3 rings (SSSR count). The summed E-state index contributed by atoms with van der Waals surface area (Å²) in [5, 5.41) is 9.09. The summed E-state index contributed by atoms with van der Waals surface area (Å²) >= 11 is 0. The second kappa shape index (κ2) is 8.77. The summed E-state index contributed by atoms with van der Waals surface area (Å²) in [5.74, 6) is -1.61. The van der Waals surface area contributed by atoms with Gasteiger partial charge in [0.15, 0.2) is 9.84 Å². The highest BCUT2D eigenvalue weighted by Gasteiger charge is 2.55. The second-order valence-electron chi connectivity index (χ2n) is 7.80. The molecule has 0 radical (unpaired) electrons. The molecule has 0 saturated carbocycles. The Morgan fingerprint density at radius 3 is 2.34 bits per heavy atom. The number of ether oxygens (including phenoxy) is 1. The van der Waals surface area contributed by atoms with Gasteiger partial charge in [0.2, 0.25) is 10.0 Å². The van der Waals surface area contributed by atoms with Crippen molar-refractivity contribution in [2.45, 2.75) is 36.1 Å². The van der Waals surface area contributed by atoms with Crippen molar-refractivity contribution in [3.05, 3.63) is 59.9 Å². The van der Waals surface area contributed by atoms with E-state index in [9.17, 15) is 26.0 Å². The van der Waals surface area contributed by atoms with Gasteiger partial charge in [0, 0.05) is 6.54 Å². The molecule has 0 aromatic heterocycles. The molecule has 1 heterocycles. The van der Waals surface area contributed by atoms with Gasteiger partial charge in [0.1, 0.15) is 24.2 Å². The summed E-state index contributed by atoms with van der Waals surface area (Å²) in [7, 11) is -8.08. The average Bonchev–Trinajstić information content (AvgIpc) is 2.74. The largest absolute Gasteiger partial charge is 0.489 e. The fraction of sp³-hybridized carbons (Fsp3) is 0.350. The first-order chi connectivity index (χ1) is 14.9. The maximum atomic E-state index is 13.2. The molecule has 1 unspecified atom stereocenters. The first-order valence-corrected chi connectivity index (χ1v) is 12.6. The van der Waals surface area contributed by atoms with Crippen molar-refractivity contribution in [1.82, 2.24) is 9.79 Å². The molecule has 2 N–H and O–H groups in total. The molecule has 0 spiro atoms. The van der Waals surface area contributed by atoms with Crippen LogP contribution in [0.4, 0.5) is 4.39 Å². The molecule has 1 saturated heterocycles. The molecule has 1 aliphatic heterocycles. The lowest BCUT2D eigenvalue weighted by molar-refractivity contribution is -0.134. The highest BCUT2D eigenvalue weighted by Crippen LogP contribution is 2.34. The lowest BCUT2D eigenvalue weighted by atomic mass is 10.0. The van der Waals surface area contributed by atoms with Crippen molar-refractivity contribution < 1.29 is 36.0 Å². The first kappa shape index (κ1) is 24.1. The first-order valence-electron chi connectivity index (χ1n) is 9.55. The highest BCUT2D eigenvalue weighted by atomic mass is 32.2. The molecule has 9 nitrogen and oxygen atoms in total. The minimum absolute atomic E-state index is 0.142. The molecule has 12 heteroatoms. The molecule has 1 atom stereocenters. The van der Waals surface area contributed by atoms with E-state index in [1.54, 1.807) is 12.1 Å². The second-order valence-corrected chi connectivity index (χ2v) is 12.4. The van der Waals surface area contributed by atoms with Gasteiger partial charge in [-0.05, 0) is 55.8 Å². The van der Waals surface area contributed by atoms with Crippen LogP contribution in [-0.2, 0) is 31.3 Å². The molecule has 2 aromatic carbocycles. The number of hydrogen-bond acceptors (Lipinski definition) is 7. The Morgan fingerprint density at radius 2 is 1.78 bits per heavy atom. The Bertz CT molecular complexity index is 1200. The molecule has 0 aliphatic carbocycles. The van der Waals surface area contributed by atoms with Gasteiger partial charge in [-0.3, -0.25) is 10.0 Å². The third kappa shape index (κ3) is 4.49. The third-order valence-electron chi connectivity index (χ3n) is 5.44. The van der Waals surface area contributed by atoms with Gasteiger partial charge in [-0.25, -0.2) is 26.7 Å². The molecule has 2 aromatic rings. The van der Waals surface area contributed by atoms with E-state index in [2.05, 4.69) is 0 Å². The average molecular weight is 487 g/mol. The molecular weight excluding hydrogens is 463 g/mol. The van der Waals surface area contributed by atoms with Crippen molar-refractivity contribution in [1.29, 1.82) is 0 Å². The van der Waals surface area contributed by atoms with Crippen LogP contribution in [0.25, 0.3) is 0 Å². The lowest BCUT2D eigenvalue weighted by Crippen LogP contribution is -2.66. The smallest absolute Gasteiger partial charge is 0.263 e. The Kier molecular flexibility index (Phi) is 6.61. The van der Waals surface area contributed by atoms with Crippen molar-refractivity contribution in [2.24, 2.45) is 0 Å². The number of carbonyl (C=O) groups excluding carboxylic acids is 1. The fourth-order valence-corrected chi connectivity index (χ4v) is 6.92. The van der Waals surface area contributed by atoms with Crippen LogP contribution in [-0.4, -0.2) is 55.3 Å². The van der Waals surface area contributed by atoms with Crippen molar-refractivity contribution in [3.63, 3.8) is 0 Å². The molecule has 1 aliphatic rings. The monoisotopic (exact) mass is 486 g/mol. The number of benzene rings is 2. The van der Waals surface area contributed by atoms with E-state index in [4.69, 9.17) is 9.94 Å². The minimum atomic E-state index is -4.28. The minimum Gasteiger partial charge on any atom is -0.489 e. The summed E-state index contributed by atoms with van der Waals surface area (Å²) in [4.78, 5) is 12.1. The SMILES string of the molecule is CC1(C)C(C(=O)NO)N(S(=O)(=O)c2ccc(OCc3ccc(F)cc3)cc2)CCS1(=O)=O. The van der Waals surface area contributed by atoms with Crippen molar-refractivity contribution >= 4 is 25.8 Å². The van der Waals surface area contributed by atoms with Crippen LogP contribution in [0.2, 0.25) is 0 Å². The van der Waals surface area contributed by atoms with Gasteiger partial charge in [0.25, 0.3) is 5.91 Å². The zero-order chi connectivity index (χ0) is 23.7. The summed E-state index contributed by atoms with van der Waals surface area (Å²) < 4.78 is 69.0. The van der Waals surface area contributed by atoms with E-state index < -0.39 is 48.9 Å². The summed E-state index contributed by atoms with van der Waals surface area (Å²) in [6, 6.07) is 9.46. The summed E-state index contributed by atoms with van der Waals surface area (Å²) in [5.41, 5.74) is 2.09. The van der Waals surface area contributed by atoms with Gasteiger partial charge in [-0.1, -0.05) is 12.1 Å². The normalized spacial score (nSPS) is 20.4. The van der Waals surface area contributed by atoms with Gasteiger partial charge in [0.05, 0.1) is 15.4 Å². The van der Waals surface area contributed by atoms with Crippen LogP contribution in [0.3, 0.4) is 0 Å². The van der Waals surface area contributed by atoms with Crippen LogP contribution >= 0.6 is 0 Å². The van der Waals surface area contributed by atoms with Crippen molar-refractivity contribution in [3.8, 4) is 5.75 Å². The number of sulfone groups is 1. The number of amides is 1. The summed E-state index contributed by atoms with van der Waals surface area (Å²) in [6.45, 7) is 2.20. The molecule has 174 valence electrons. The standard InChI is InChI=1S/C20H23FN2O7S2/c1-20(2)18(19(24)22-25)23(11-12-31(20,26)27)32(28,29)17-9-7-16(8-10-17)30-13-14-3-5-15(21)6-4-14/h3-10,18,25H,11-13H2,1-2H3,(H,22,24). The highest BCUT2D eigenvalue weighted by molar-refractivity contribution is 7.93. The Balaban J connectivity index is 1.84. The van der Waals surface area contributed by atoms with E-state index in [0.717, 1.165) is 9.87 Å². The number of carbonyl (C=O) groups is 1. The van der Waals surface area contributed by atoms with Crippen molar-refractivity contribution in [2.75, 3.05) is 12.3 Å². The number of nitrogens with one attached hydrogen (secondary N) is 1. The third-order valence-corrected chi connectivity index (χ3v) is 9.86. The number of hydroxylamine groups is 1. The fourth-order valence-electron chi connectivity index (χ4n) is 3.48. The molecule has 32 heavy (non-hydrogen) atoms. The number of nitrogens with zero attached hydrogens (tertiary/aromatic N) is 1. The number of halogens is 1. The predicted octanol–water partition coefficient (Wildman–Crippen LogP) is 1.48. The van der Waals surface area contributed by atoms with E-state index in [1.165, 1.54) is 55.7 Å². The maximum Gasteiger partial charge on any atom is 0.263 e. The molecule has 0 bridgehead atoms. The zero-order valence-electron chi connectivity index (χ0n) is 17.4. The Hall–Kier alpha value is -2.54. The van der Waals surface area contributed by atoms with E-state index in [-0.39, 0.29) is 17.3 Å². The van der Waals surface area contributed by atoms with Gasteiger partial charge in [-0.15, -0.1) is 0 Å². The lowest BCUT2D eigenvalue weighted by Gasteiger charge is -2.43. The van der Waals surface area contributed by atoms with Gasteiger partial charge >= 0.3 is 0 Å². The van der Waals surface area contributed by atoms with Gasteiger partial charge < -0.3 is 4.74 Å². The Morgan fingerprint density at radius 1 is 1.19 bits per heavy atom. The van der Waals surface area contributed by atoms with Crippen LogP contribution < -0.4 is 10.2 Å². The quantitative estimate of drug-likeness (QED) is 0.467. The summed E-state index contributed by atoms with van der Waals surface area (Å²) in [6.07, 6.45) is 0. The van der Waals surface area contributed by atoms with E-state index in [0.29, 0.717) is 5.75 Å². The van der Waals surface area contributed by atoms with Crippen LogP contribution in [0, 0.1) is 5.82 Å². The number of hydrogen-bond donors (Lipinski definition) is 2. The van der Waals surface area contributed by atoms with Gasteiger partial charge in [-0.2, -0.15) is 4.31 Å². The van der Waals surface area contributed by atoms with Crippen LogP contribution in [0.1, 0.15) is 19.4 Å². The van der Waals surface area contributed by atoms with Crippen LogP contribution in [0.15, 0.2) is 53.4 Å². The topological polar surface area (TPSA) is 130 Å². The van der Waals surface area contributed by atoms with E-state index >= 15 is 0 Å². The molecule has 1 fully saturated rings. The Labute approximate surface area is 185 Å². The number of rotatable bonds is 6. The number of sulfonamides is 1. The predicted molar refractivity (Wildman–Crippen MR) is 113 cm³/mol.